The molecule has 0 saturated carbocycles. The SMILES string of the molecule is CCc1nccc(-c2cccnc2Oc2ccc(NC(=O)Nc3cc(Cl)ccc3N(C)CCCN(C)C)cc2C)n1. The minimum atomic E-state index is -0.370. The van der Waals surface area contributed by atoms with Crippen LogP contribution < -0.4 is 20.3 Å². The second-order valence-electron chi connectivity index (χ2n) is 9.97. The average molecular weight is 574 g/mol. The first-order valence-corrected chi connectivity index (χ1v) is 13.9. The third-order valence-corrected chi connectivity index (χ3v) is 6.66. The van der Waals surface area contributed by atoms with Crippen LogP contribution >= 0.6 is 11.6 Å². The van der Waals surface area contributed by atoms with Crippen LogP contribution in [0, 0.1) is 6.92 Å². The number of hydrogen-bond acceptors (Lipinski definition) is 7. The molecule has 2 aromatic heterocycles. The fourth-order valence-corrected chi connectivity index (χ4v) is 4.47. The van der Waals surface area contributed by atoms with E-state index in [-0.39, 0.29) is 6.03 Å². The Morgan fingerprint density at radius 3 is 2.56 bits per heavy atom. The molecule has 0 bridgehead atoms. The van der Waals surface area contributed by atoms with Crippen LogP contribution in [-0.4, -0.2) is 60.1 Å². The third-order valence-electron chi connectivity index (χ3n) is 6.43. The van der Waals surface area contributed by atoms with Crippen LogP contribution in [0.15, 0.2) is 67.0 Å². The Labute approximate surface area is 246 Å². The second kappa shape index (κ2) is 13.9. The van der Waals surface area contributed by atoms with Gasteiger partial charge in [-0.3, -0.25) is 0 Å². The Kier molecular flexibility index (Phi) is 10.1. The number of anilines is 3. The summed E-state index contributed by atoms with van der Waals surface area (Å²) in [6, 6.07) is 16.2. The van der Waals surface area contributed by atoms with E-state index in [9.17, 15) is 4.79 Å². The minimum Gasteiger partial charge on any atom is -0.438 e. The van der Waals surface area contributed by atoms with Crippen LogP contribution in [-0.2, 0) is 6.42 Å². The highest BCUT2D eigenvalue weighted by Crippen LogP contribution is 2.33. The van der Waals surface area contributed by atoms with Crippen LogP contribution in [0.2, 0.25) is 5.02 Å². The Morgan fingerprint density at radius 1 is 0.976 bits per heavy atom. The van der Waals surface area contributed by atoms with E-state index in [0.717, 1.165) is 54.3 Å². The number of halogens is 1. The molecule has 41 heavy (non-hydrogen) atoms. The molecule has 2 amide bonds. The van der Waals surface area contributed by atoms with E-state index in [4.69, 9.17) is 16.3 Å². The summed E-state index contributed by atoms with van der Waals surface area (Å²) in [7, 11) is 6.11. The fraction of sp³-hybridized carbons (Fsp3) is 0.290. The van der Waals surface area contributed by atoms with Gasteiger partial charge >= 0.3 is 6.03 Å². The summed E-state index contributed by atoms with van der Waals surface area (Å²) < 4.78 is 6.20. The number of rotatable bonds is 11. The van der Waals surface area contributed by atoms with Gasteiger partial charge in [-0.2, -0.15) is 0 Å². The Balaban J connectivity index is 1.45. The van der Waals surface area contributed by atoms with Crippen molar-refractivity contribution in [1.29, 1.82) is 0 Å². The zero-order valence-electron chi connectivity index (χ0n) is 24.1. The molecular weight excluding hydrogens is 538 g/mol. The van der Waals surface area contributed by atoms with Gasteiger partial charge in [0.05, 0.1) is 22.6 Å². The van der Waals surface area contributed by atoms with Crippen molar-refractivity contribution < 1.29 is 9.53 Å². The lowest BCUT2D eigenvalue weighted by Gasteiger charge is -2.24. The van der Waals surface area contributed by atoms with E-state index >= 15 is 0 Å². The maximum atomic E-state index is 13.0. The predicted molar refractivity (Wildman–Crippen MR) is 166 cm³/mol. The van der Waals surface area contributed by atoms with Crippen LogP contribution in [0.5, 0.6) is 11.6 Å². The summed E-state index contributed by atoms with van der Waals surface area (Å²) in [6.45, 7) is 5.74. The molecule has 2 heterocycles. The van der Waals surface area contributed by atoms with Gasteiger partial charge in [-0.25, -0.2) is 19.7 Å². The second-order valence-corrected chi connectivity index (χ2v) is 10.4. The molecule has 10 heteroatoms. The van der Waals surface area contributed by atoms with Gasteiger partial charge < -0.3 is 25.2 Å². The van der Waals surface area contributed by atoms with Gasteiger partial charge in [0.15, 0.2) is 0 Å². The molecule has 0 unspecified atom stereocenters. The van der Waals surface area contributed by atoms with E-state index in [1.165, 1.54) is 0 Å². The summed E-state index contributed by atoms with van der Waals surface area (Å²) >= 11 is 6.26. The lowest BCUT2D eigenvalue weighted by molar-refractivity contribution is 0.262. The smallest absolute Gasteiger partial charge is 0.323 e. The number of pyridine rings is 1. The first-order valence-electron chi connectivity index (χ1n) is 13.5. The lowest BCUT2D eigenvalue weighted by atomic mass is 10.1. The molecule has 214 valence electrons. The quantitative estimate of drug-likeness (QED) is 0.202. The molecule has 0 aliphatic carbocycles. The third kappa shape index (κ3) is 8.15. The van der Waals surface area contributed by atoms with Crippen molar-refractivity contribution in [1.82, 2.24) is 19.9 Å². The van der Waals surface area contributed by atoms with Gasteiger partial charge in [0, 0.05) is 43.1 Å². The number of hydrogen-bond donors (Lipinski definition) is 2. The van der Waals surface area contributed by atoms with Gasteiger partial charge in [0.25, 0.3) is 0 Å². The number of amides is 2. The average Bonchev–Trinajstić information content (AvgIpc) is 2.94. The number of carbonyl (C=O) groups excluding carboxylic acids is 1. The van der Waals surface area contributed by atoms with Gasteiger partial charge in [0.2, 0.25) is 5.88 Å². The van der Waals surface area contributed by atoms with Gasteiger partial charge in [-0.05, 0) is 94.1 Å². The van der Waals surface area contributed by atoms with Crippen LogP contribution in [0.4, 0.5) is 21.9 Å². The maximum absolute atomic E-state index is 13.0. The summed E-state index contributed by atoms with van der Waals surface area (Å²) in [5.74, 6) is 1.82. The summed E-state index contributed by atoms with van der Waals surface area (Å²) in [5.41, 5.74) is 4.51. The molecule has 4 aromatic rings. The first kappa shape index (κ1) is 29.8. The molecule has 0 spiro atoms. The zero-order valence-corrected chi connectivity index (χ0v) is 24.9. The van der Waals surface area contributed by atoms with Crippen molar-refractivity contribution in [3.05, 3.63) is 83.4 Å². The largest absolute Gasteiger partial charge is 0.438 e. The minimum absolute atomic E-state index is 0.370. The van der Waals surface area contributed by atoms with E-state index < -0.39 is 0 Å². The number of urea groups is 1. The van der Waals surface area contributed by atoms with E-state index in [1.54, 1.807) is 24.5 Å². The van der Waals surface area contributed by atoms with Crippen LogP contribution in [0.3, 0.4) is 0 Å². The fourth-order valence-electron chi connectivity index (χ4n) is 4.30. The van der Waals surface area contributed by atoms with Crippen molar-refractivity contribution >= 4 is 34.7 Å². The molecule has 0 aliphatic heterocycles. The highest BCUT2D eigenvalue weighted by atomic mass is 35.5. The van der Waals surface area contributed by atoms with Crippen molar-refractivity contribution in [2.45, 2.75) is 26.7 Å². The van der Waals surface area contributed by atoms with Gasteiger partial charge in [-0.1, -0.05) is 18.5 Å². The maximum Gasteiger partial charge on any atom is 0.323 e. The van der Waals surface area contributed by atoms with Gasteiger partial charge in [0.1, 0.15) is 11.6 Å². The van der Waals surface area contributed by atoms with Crippen molar-refractivity contribution in [3.8, 4) is 22.9 Å². The number of nitrogens with zero attached hydrogens (tertiary/aromatic N) is 5. The van der Waals surface area contributed by atoms with Crippen LogP contribution in [0.25, 0.3) is 11.3 Å². The molecule has 0 fully saturated rings. The monoisotopic (exact) mass is 573 g/mol. The van der Waals surface area contributed by atoms with Crippen molar-refractivity contribution in [3.63, 3.8) is 0 Å². The predicted octanol–water partition coefficient (Wildman–Crippen LogP) is 6.89. The first-order chi connectivity index (χ1) is 19.7. The number of aromatic nitrogens is 3. The number of aryl methyl sites for hydroxylation is 2. The van der Waals surface area contributed by atoms with Gasteiger partial charge in [-0.15, -0.1) is 0 Å². The summed E-state index contributed by atoms with van der Waals surface area (Å²) in [4.78, 5) is 30.6. The molecule has 0 radical (unpaired) electrons. The molecule has 2 N–H and O–H groups in total. The highest BCUT2D eigenvalue weighted by molar-refractivity contribution is 6.31. The number of benzene rings is 2. The Bertz CT molecular complexity index is 1500. The van der Waals surface area contributed by atoms with Crippen molar-refractivity contribution in [2.24, 2.45) is 0 Å². The lowest BCUT2D eigenvalue weighted by Crippen LogP contribution is -2.26. The Hall–Kier alpha value is -4.21. The highest BCUT2D eigenvalue weighted by Gasteiger charge is 2.15. The van der Waals surface area contributed by atoms with E-state index in [0.29, 0.717) is 28.0 Å². The molecule has 2 aromatic carbocycles. The van der Waals surface area contributed by atoms with Crippen molar-refractivity contribution in [2.75, 3.05) is 49.8 Å². The number of ether oxygens (including phenoxy) is 1. The molecule has 0 aliphatic rings. The molecule has 4 rings (SSSR count). The Morgan fingerprint density at radius 2 is 1.80 bits per heavy atom. The normalized spacial score (nSPS) is 10.9. The molecule has 9 nitrogen and oxygen atoms in total. The molecular formula is C31H36ClN7O2. The zero-order chi connectivity index (χ0) is 29.4. The summed E-state index contributed by atoms with van der Waals surface area (Å²) in [6.07, 6.45) is 5.15. The molecule has 0 saturated heterocycles. The standard InChI is InChI=1S/C31H36ClN7O2/c1-6-29-33-16-14-25(36-29)24-9-7-15-34-30(24)41-28-13-11-23(19-21(28)2)35-31(40)37-26-20-22(32)10-12-27(26)39(5)18-8-17-38(3)4/h7,9-16,19-20H,6,8,17-18H2,1-5H3,(H2,35,37,40). The van der Waals surface area contributed by atoms with E-state index in [1.807, 2.05) is 63.4 Å². The molecule has 0 atom stereocenters. The summed E-state index contributed by atoms with van der Waals surface area (Å²) in [5, 5.41) is 6.40. The number of nitrogens with one attached hydrogen (secondary N) is 2. The topological polar surface area (TPSA) is 95.5 Å². The van der Waals surface area contributed by atoms with E-state index in [2.05, 4.69) is 49.5 Å². The van der Waals surface area contributed by atoms with Crippen LogP contribution in [0.1, 0.15) is 24.7 Å². The number of carbonyl (C=O) groups is 1.